The molecule has 0 saturated carbocycles. The second-order valence-corrected chi connectivity index (χ2v) is 4.62. The molecule has 23 heavy (non-hydrogen) atoms. The monoisotopic (exact) mass is 332 g/mol. The summed E-state index contributed by atoms with van der Waals surface area (Å²) in [5, 5.41) is 15.4. The third-order valence-corrected chi connectivity index (χ3v) is 2.99. The predicted octanol–water partition coefficient (Wildman–Crippen LogP) is 1.49. The number of likely N-dealkylation sites (N-methyl/N-ethyl adjacent to an activating group) is 1. The van der Waals surface area contributed by atoms with E-state index in [-0.39, 0.29) is 12.2 Å². The van der Waals surface area contributed by atoms with Crippen LogP contribution in [0.5, 0.6) is 0 Å². The van der Waals surface area contributed by atoms with E-state index in [9.17, 15) is 22.4 Å². The Balaban J connectivity index is 2.54. The fraction of sp³-hybridized carbons (Fsp3) is 0.308. The van der Waals surface area contributed by atoms with Gasteiger partial charge < -0.3 is 10.0 Å². The highest BCUT2D eigenvalue weighted by molar-refractivity contribution is 5.93. The summed E-state index contributed by atoms with van der Waals surface area (Å²) >= 11 is 0. The predicted molar refractivity (Wildman–Crippen MR) is 70.4 cm³/mol. The lowest BCUT2D eigenvalue weighted by Crippen LogP contribution is -2.31. The number of amides is 1. The summed E-state index contributed by atoms with van der Waals surface area (Å²) < 4.78 is 53.3. The van der Waals surface area contributed by atoms with Gasteiger partial charge in [-0.2, -0.15) is 13.2 Å². The van der Waals surface area contributed by atoms with Crippen LogP contribution < -0.4 is 0 Å². The van der Waals surface area contributed by atoms with Crippen molar-refractivity contribution in [3.05, 3.63) is 41.5 Å². The van der Waals surface area contributed by atoms with E-state index in [4.69, 9.17) is 5.11 Å². The van der Waals surface area contributed by atoms with Crippen molar-refractivity contribution in [3.63, 3.8) is 0 Å². The molecule has 1 aromatic heterocycles. The fourth-order valence-electron chi connectivity index (χ4n) is 1.88. The van der Waals surface area contributed by atoms with Crippen molar-refractivity contribution in [1.29, 1.82) is 0 Å². The molecule has 0 atom stereocenters. The molecule has 1 N–H and O–H groups in total. The molecule has 10 heteroatoms. The molecule has 124 valence electrons. The van der Waals surface area contributed by atoms with E-state index in [2.05, 4.69) is 10.3 Å². The molecular formula is C13H12F4N4O2. The quantitative estimate of drug-likeness (QED) is 0.861. The van der Waals surface area contributed by atoms with Gasteiger partial charge in [-0.15, -0.1) is 5.10 Å². The smallest absolute Gasteiger partial charge is 0.395 e. The van der Waals surface area contributed by atoms with E-state index in [1.54, 1.807) is 0 Å². The van der Waals surface area contributed by atoms with Gasteiger partial charge in [0, 0.05) is 13.6 Å². The van der Waals surface area contributed by atoms with Crippen molar-refractivity contribution in [2.45, 2.75) is 6.18 Å². The van der Waals surface area contributed by atoms with Crippen LogP contribution in [0.25, 0.3) is 5.69 Å². The lowest BCUT2D eigenvalue weighted by atomic mass is 10.2. The van der Waals surface area contributed by atoms with Gasteiger partial charge in [0.2, 0.25) is 0 Å². The summed E-state index contributed by atoms with van der Waals surface area (Å²) in [5.74, 6) is -1.65. The lowest BCUT2D eigenvalue weighted by molar-refractivity contribution is -0.143. The number of benzene rings is 1. The first-order valence-corrected chi connectivity index (χ1v) is 6.41. The first-order valence-electron chi connectivity index (χ1n) is 6.41. The zero-order chi connectivity index (χ0) is 17.2. The van der Waals surface area contributed by atoms with E-state index in [1.807, 2.05) is 0 Å². The minimum absolute atomic E-state index is 0.0879. The van der Waals surface area contributed by atoms with Crippen LogP contribution >= 0.6 is 0 Å². The van der Waals surface area contributed by atoms with Gasteiger partial charge >= 0.3 is 6.18 Å². The number of hydrogen-bond donors (Lipinski definition) is 1. The topological polar surface area (TPSA) is 71.2 Å². The lowest BCUT2D eigenvalue weighted by Gasteiger charge is -2.16. The number of alkyl halides is 3. The molecule has 0 fully saturated rings. The molecule has 0 unspecified atom stereocenters. The van der Waals surface area contributed by atoms with Crippen molar-refractivity contribution in [1.82, 2.24) is 19.9 Å². The molecule has 1 amide bonds. The normalized spacial score (nSPS) is 11.6. The van der Waals surface area contributed by atoms with Gasteiger partial charge in [-0.25, -0.2) is 9.07 Å². The van der Waals surface area contributed by atoms with Crippen molar-refractivity contribution >= 4 is 5.91 Å². The average molecular weight is 332 g/mol. The number of rotatable bonds is 4. The van der Waals surface area contributed by atoms with Gasteiger partial charge in [0.05, 0.1) is 12.3 Å². The highest BCUT2D eigenvalue weighted by Gasteiger charge is 2.42. The van der Waals surface area contributed by atoms with Crippen molar-refractivity contribution in [3.8, 4) is 5.69 Å². The number of aromatic nitrogens is 3. The highest BCUT2D eigenvalue weighted by Crippen LogP contribution is 2.33. The number of carbonyl (C=O) groups excluding carboxylic acids is 1. The third-order valence-electron chi connectivity index (χ3n) is 2.99. The first kappa shape index (κ1) is 16.9. The molecule has 1 aromatic carbocycles. The van der Waals surface area contributed by atoms with Gasteiger partial charge in [-0.05, 0) is 24.3 Å². The van der Waals surface area contributed by atoms with Crippen LogP contribution in [0.3, 0.4) is 0 Å². The minimum Gasteiger partial charge on any atom is -0.395 e. The van der Waals surface area contributed by atoms with Crippen molar-refractivity contribution < 1.29 is 27.5 Å². The van der Waals surface area contributed by atoms with Gasteiger partial charge in [0.1, 0.15) is 5.82 Å². The van der Waals surface area contributed by atoms with Crippen LogP contribution in [0, 0.1) is 5.82 Å². The summed E-state index contributed by atoms with van der Waals surface area (Å²) in [6, 6.07) is 4.11. The Hall–Kier alpha value is -2.49. The Morgan fingerprint density at radius 2 is 1.91 bits per heavy atom. The molecule has 0 spiro atoms. The van der Waals surface area contributed by atoms with Crippen molar-refractivity contribution in [2.24, 2.45) is 0 Å². The average Bonchev–Trinajstić information content (AvgIpc) is 2.92. The van der Waals surface area contributed by atoms with Crippen LogP contribution in [-0.4, -0.2) is 51.1 Å². The number of carbonyl (C=O) groups is 1. The molecule has 2 aromatic rings. The summed E-state index contributed by atoms with van der Waals surface area (Å²) in [5.41, 5.74) is -2.34. The maximum Gasteiger partial charge on any atom is 0.435 e. The zero-order valence-corrected chi connectivity index (χ0v) is 11.9. The standard InChI is InChI=1S/C13H12F4N4O2/c1-20(6-7-22)12(23)10-11(13(15,16)17)21(19-18-10)9-4-2-8(14)3-5-9/h2-5,22H,6-7H2,1H3. The summed E-state index contributed by atoms with van der Waals surface area (Å²) in [6.45, 7) is -0.560. The summed E-state index contributed by atoms with van der Waals surface area (Å²) in [7, 11) is 1.23. The van der Waals surface area contributed by atoms with E-state index < -0.39 is 35.9 Å². The van der Waals surface area contributed by atoms with Crippen LogP contribution in [0.1, 0.15) is 16.2 Å². The van der Waals surface area contributed by atoms with Gasteiger partial charge in [-0.3, -0.25) is 4.79 Å². The Labute approximate surface area is 127 Å². The van der Waals surface area contributed by atoms with Crippen LogP contribution in [-0.2, 0) is 6.18 Å². The van der Waals surface area contributed by atoms with Crippen LogP contribution in [0.15, 0.2) is 24.3 Å². The molecule has 0 aliphatic heterocycles. The van der Waals surface area contributed by atoms with Gasteiger partial charge in [0.25, 0.3) is 5.91 Å². The maximum absolute atomic E-state index is 13.3. The van der Waals surface area contributed by atoms with E-state index in [0.29, 0.717) is 4.68 Å². The largest absolute Gasteiger partial charge is 0.435 e. The molecule has 6 nitrogen and oxygen atoms in total. The number of halogens is 4. The molecule has 0 aliphatic rings. The van der Waals surface area contributed by atoms with Crippen LogP contribution in [0.2, 0.25) is 0 Å². The minimum atomic E-state index is -4.90. The fourth-order valence-corrected chi connectivity index (χ4v) is 1.88. The molecular weight excluding hydrogens is 320 g/mol. The Morgan fingerprint density at radius 1 is 1.30 bits per heavy atom. The van der Waals surface area contributed by atoms with Crippen LogP contribution in [0.4, 0.5) is 17.6 Å². The highest BCUT2D eigenvalue weighted by atomic mass is 19.4. The summed E-state index contributed by atoms with van der Waals surface area (Å²) in [4.78, 5) is 12.9. The number of aliphatic hydroxyl groups is 1. The number of nitrogens with zero attached hydrogens (tertiary/aromatic N) is 4. The zero-order valence-electron chi connectivity index (χ0n) is 11.9. The van der Waals surface area contributed by atoms with Gasteiger partial charge in [-0.1, -0.05) is 5.21 Å². The Morgan fingerprint density at radius 3 is 2.43 bits per heavy atom. The van der Waals surface area contributed by atoms with E-state index >= 15 is 0 Å². The Kier molecular flexibility index (Phi) is 4.64. The molecule has 1 heterocycles. The second kappa shape index (κ2) is 6.32. The SMILES string of the molecule is CN(CCO)C(=O)c1nnn(-c2ccc(F)cc2)c1C(F)(F)F. The number of hydrogen-bond acceptors (Lipinski definition) is 4. The second-order valence-electron chi connectivity index (χ2n) is 4.62. The Bertz CT molecular complexity index is 697. The molecule has 0 radical (unpaired) electrons. The number of aliphatic hydroxyl groups excluding tert-OH is 1. The molecule has 0 saturated heterocycles. The summed E-state index contributed by atoms with van der Waals surface area (Å²) in [6.07, 6.45) is -4.90. The van der Waals surface area contributed by atoms with Crippen molar-refractivity contribution in [2.75, 3.05) is 20.2 Å². The maximum atomic E-state index is 13.3. The third kappa shape index (κ3) is 3.47. The van der Waals surface area contributed by atoms with Gasteiger partial charge in [0.15, 0.2) is 11.4 Å². The first-order chi connectivity index (χ1) is 10.8. The molecule has 2 rings (SSSR count). The van der Waals surface area contributed by atoms with E-state index in [0.717, 1.165) is 29.2 Å². The molecule has 0 bridgehead atoms. The van der Waals surface area contributed by atoms with E-state index in [1.165, 1.54) is 7.05 Å². The molecule has 0 aliphatic carbocycles.